The summed E-state index contributed by atoms with van der Waals surface area (Å²) in [5, 5.41) is 7.54. The number of likely N-dealkylation sites (tertiary alicyclic amines) is 1. The Bertz CT molecular complexity index is 1220. The second-order valence-corrected chi connectivity index (χ2v) is 10.3. The Hall–Kier alpha value is -3.30. The summed E-state index contributed by atoms with van der Waals surface area (Å²) in [6.07, 6.45) is -3.08. The number of rotatable bonds is 3. The lowest BCUT2D eigenvalue weighted by atomic mass is 9.92. The molecule has 0 spiro atoms. The largest absolute Gasteiger partial charge is 0.444 e. The lowest BCUT2D eigenvalue weighted by molar-refractivity contribution is -0.142. The normalized spacial score (nSPS) is 22.5. The smallest absolute Gasteiger partial charge is 0.433 e. The van der Waals surface area contributed by atoms with Gasteiger partial charge in [0.1, 0.15) is 11.3 Å². The molecule has 0 unspecified atom stereocenters. The Morgan fingerprint density at radius 2 is 1.69 bits per heavy atom. The number of anilines is 1. The number of hydrogen-bond acceptors (Lipinski definition) is 5. The van der Waals surface area contributed by atoms with E-state index in [9.17, 15) is 18.0 Å². The number of fused-ring (bicyclic) bond motifs is 3. The molecule has 1 aliphatic heterocycles. The van der Waals surface area contributed by atoms with Gasteiger partial charge in [0.2, 0.25) is 5.95 Å². The number of hydrogen-bond donors (Lipinski definition) is 1. The van der Waals surface area contributed by atoms with E-state index < -0.39 is 17.5 Å². The molecule has 2 fully saturated rings. The molecule has 2 aliphatic rings. The van der Waals surface area contributed by atoms with Crippen molar-refractivity contribution in [3.05, 3.63) is 48.2 Å². The number of amides is 1. The number of nitrogens with one attached hydrogen (secondary N) is 1. The predicted molar refractivity (Wildman–Crippen MR) is 125 cm³/mol. The lowest BCUT2D eigenvalue weighted by Gasteiger charge is -2.38. The second kappa shape index (κ2) is 8.42. The van der Waals surface area contributed by atoms with Gasteiger partial charge in [-0.15, -0.1) is 5.10 Å². The van der Waals surface area contributed by atoms with Gasteiger partial charge in [-0.25, -0.2) is 9.31 Å². The molecule has 7 nitrogen and oxygen atoms in total. The molecule has 0 radical (unpaired) electrons. The standard InChI is InChI=1S/C25H28F3N5O2/c1-24(2,3)35-23(34)32-13-16-9-10-17(14-32)20(16)29-22-30-21-18(15-7-5-4-6-8-15)11-12-19(25(26,27)28)33(21)31-22/h4-8,11-12,16-17,20H,9-10,13-14H2,1-3H3,(H,29,31)/t16-,17+,20-. The van der Waals surface area contributed by atoms with E-state index in [0.717, 1.165) is 29.0 Å². The predicted octanol–water partition coefficient (Wildman–Crippen LogP) is 5.47. The molecule has 5 rings (SSSR count). The van der Waals surface area contributed by atoms with Crippen LogP contribution in [-0.2, 0) is 10.9 Å². The molecular weight excluding hydrogens is 459 g/mol. The van der Waals surface area contributed by atoms with Crippen LogP contribution in [0.4, 0.5) is 23.9 Å². The highest BCUT2D eigenvalue weighted by molar-refractivity contribution is 5.78. The van der Waals surface area contributed by atoms with E-state index in [-0.39, 0.29) is 35.6 Å². The summed E-state index contributed by atoms with van der Waals surface area (Å²) < 4.78 is 47.6. The molecule has 3 aromatic rings. The Kier molecular flexibility index (Phi) is 5.64. The van der Waals surface area contributed by atoms with Gasteiger partial charge in [-0.05, 0) is 63.1 Å². The van der Waals surface area contributed by atoms with Crippen molar-refractivity contribution in [3.63, 3.8) is 0 Å². The van der Waals surface area contributed by atoms with Gasteiger partial charge in [-0.3, -0.25) is 0 Å². The molecule has 1 saturated carbocycles. The van der Waals surface area contributed by atoms with E-state index >= 15 is 0 Å². The number of piperidine rings is 1. The molecule has 3 heterocycles. The topological polar surface area (TPSA) is 71.8 Å². The number of carbonyl (C=O) groups is 1. The van der Waals surface area contributed by atoms with Crippen molar-refractivity contribution in [2.24, 2.45) is 11.8 Å². The van der Waals surface area contributed by atoms with Crippen LogP contribution in [-0.4, -0.2) is 50.3 Å². The minimum absolute atomic E-state index is 0.0272. The van der Waals surface area contributed by atoms with Gasteiger partial charge in [0.05, 0.1) is 0 Å². The van der Waals surface area contributed by atoms with Crippen LogP contribution < -0.4 is 5.32 Å². The van der Waals surface area contributed by atoms with Crippen molar-refractivity contribution in [2.75, 3.05) is 18.4 Å². The van der Waals surface area contributed by atoms with E-state index in [2.05, 4.69) is 15.4 Å². The first-order chi connectivity index (χ1) is 16.5. The van der Waals surface area contributed by atoms with Gasteiger partial charge in [0.15, 0.2) is 5.65 Å². The SMILES string of the molecule is CC(C)(C)OC(=O)N1C[C@H]2CC[C@@H](C1)[C@@H]2Nc1nc2c(-c3ccccc3)ccc(C(F)(F)F)n2n1. The van der Waals surface area contributed by atoms with Crippen molar-refractivity contribution < 1.29 is 22.7 Å². The Balaban J connectivity index is 1.43. The fourth-order valence-corrected chi connectivity index (χ4v) is 5.16. The first kappa shape index (κ1) is 23.4. The van der Waals surface area contributed by atoms with Crippen molar-refractivity contribution in [1.82, 2.24) is 19.5 Å². The summed E-state index contributed by atoms with van der Waals surface area (Å²) in [6, 6.07) is 11.6. The molecule has 1 saturated heterocycles. The van der Waals surface area contributed by atoms with Gasteiger partial charge in [0.25, 0.3) is 0 Å². The van der Waals surface area contributed by atoms with Crippen LogP contribution in [0.1, 0.15) is 39.3 Å². The summed E-state index contributed by atoms with van der Waals surface area (Å²) >= 11 is 0. The van der Waals surface area contributed by atoms with Crippen LogP contribution in [0, 0.1) is 11.8 Å². The number of aromatic nitrogens is 3. The Morgan fingerprint density at radius 1 is 1.03 bits per heavy atom. The highest BCUT2D eigenvalue weighted by Gasteiger charge is 2.45. The highest BCUT2D eigenvalue weighted by atomic mass is 19.4. The molecule has 1 aromatic carbocycles. The third kappa shape index (κ3) is 4.66. The van der Waals surface area contributed by atoms with Crippen LogP contribution in [0.25, 0.3) is 16.8 Å². The maximum absolute atomic E-state index is 13.7. The molecule has 2 bridgehead atoms. The number of ether oxygens (including phenoxy) is 1. The zero-order valence-electron chi connectivity index (χ0n) is 19.8. The monoisotopic (exact) mass is 487 g/mol. The van der Waals surface area contributed by atoms with Gasteiger partial charge >= 0.3 is 12.3 Å². The van der Waals surface area contributed by atoms with Crippen LogP contribution in [0.15, 0.2) is 42.5 Å². The van der Waals surface area contributed by atoms with Crippen molar-refractivity contribution >= 4 is 17.7 Å². The quantitative estimate of drug-likeness (QED) is 0.530. The van der Waals surface area contributed by atoms with Crippen LogP contribution >= 0.6 is 0 Å². The van der Waals surface area contributed by atoms with Crippen LogP contribution in [0.3, 0.4) is 0 Å². The number of alkyl halides is 3. The van der Waals surface area contributed by atoms with E-state index in [1.54, 1.807) is 4.90 Å². The summed E-state index contributed by atoms with van der Waals surface area (Å²) in [6.45, 7) is 6.56. The zero-order valence-corrected chi connectivity index (χ0v) is 19.8. The maximum atomic E-state index is 13.7. The van der Waals surface area contributed by atoms with Crippen molar-refractivity contribution in [2.45, 2.75) is 51.4 Å². The molecule has 2 aromatic heterocycles. The van der Waals surface area contributed by atoms with Crippen molar-refractivity contribution in [1.29, 1.82) is 0 Å². The number of carbonyl (C=O) groups excluding carboxylic acids is 1. The fraction of sp³-hybridized carbons (Fsp3) is 0.480. The molecule has 186 valence electrons. The zero-order chi connectivity index (χ0) is 25.0. The number of pyridine rings is 1. The van der Waals surface area contributed by atoms with E-state index in [1.807, 2.05) is 51.1 Å². The molecule has 1 N–H and O–H groups in total. The lowest BCUT2D eigenvalue weighted by Crippen LogP contribution is -2.51. The Morgan fingerprint density at radius 3 is 2.29 bits per heavy atom. The second-order valence-electron chi connectivity index (χ2n) is 10.3. The van der Waals surface area contributed by atoms with E-state index in [0.29, 0.717) is 18.7 Å². The maximum Gasteiger partial charge on any atom is 0.433 e. The van der Waals surface area contributed by atoms with Crippen LogP contribution in [0.2, 0.25) is 0 Å². The fourth-order valence-electron chi connectivity index (χ4n) is 5.16. The molecule has 10 heteroatoms. The minimum atomic E-state index is -4.57. The Labute approximate surface area is 201 Å². The average Bonchev–Trinajstić information content (AvgIpc) is 3.28. The van der Waals surface area contributed by atoms with Gasteiger partial charge in [-0.1, -0.05) is 30.3 Å². The highest BCUT2D eigenvalue weighted by Crippen LogP contribution is 2.39. The van der Waals surface area contributed by atoms with E-state index in [4.69, 9.17) is 4.74 Å². The molecule has 3 atom stereocenters. The van der Waals surface area contributed by atoms with E-state index in [1.165, 1.54) is 6.07 Å². The molecule has 35 heavy (non-hydrogen) atoms. The number of halogens is 3. The van der Waals surface area contributed by atoms with Gasteiger partial charge in [0, 0.05) is 24.7 Å². The molecule has 1 aliphatic carbocycles. The third-order valence-electron chi connectivity index (χ3n) is 6.64. The van der Waals surface area contributed by atoms with Gasteiger partial charge in [-0.2, -0.15) is 18.2 Å². The summed E-state index contributed by atoms with van der Waals surface area (Å²) in [5.41, 5.74) is 0.0264. The number of nitrogens with zero attached hydrogens (tertiary/aromatic N) is 4. The third-order valence-corrected chi connectivity index (χ3v) is 6.64. The number of benzene rings is 1. The van der Waals surface area contributed by atoms with Gasteiger partial charge < -0.3 is 15.0 Å². The first-order valence-corrected chi connectivity index (χ1v) is 11.8. The molecular formula is C25H28F3N5O2. The van der Waals surface area contributed by atoms with Crippen molar-refractivity contribution in [3.8, 4) is 11.1 Å². The summed E-state index contributed by atoms with van der Waals surface area (Å²) in [7, 11) is 0. The summed E-state index contributed by atoms with van der Waals surface area (Å²) in [5.74, 6) is 0.443. The first-order valence-electron chi connectivity index (χ1n) is 11.8. The minimum Gasteiger partial charge on any atom is -0.444 e. The van der Waals surface area contributed by atoms with Crippen LogP contribution in [0.5, 0.6) is 0 Å². The molecule has 1 amide bonds. The average molecular weight is 488 g/mol. The summed E-state index contributed by atoms with van der Waals surface area (Å²) in [4.78, 5) is 18.8.